The van der Waals surface area contributed by atoms with E-state index in [0.29, 0.717) is 48.9 Å². The lowest BCUT2D eigenvalue weighted by Crippen LogP contribution is -2.27. The molecule has 0 spiro atoms. The molecule has 148 valence electrons. The van der Waals surface area contributed by atoms with Crippen molar-refractivity contribution in [2.75, 3.05) is 29.8 Å². The Morgan fingerprint density at radius 2 is 1.79 bits per heavy atom. The number of anilines is 1. The number of hydrogen-bond acceptors (Lipinski definition) is 5. The van der Waals surface area contributed by atoms with Gasteiger partial charge in [-0.25, -0.2) is 8.42 Å². The van der Waals surface area contributed by atoms with Gasteiger partial charge in [-0.1, -0.05) is 6.07 Å². The summed E-state index contributed by atoms with van der Waals surface area (Å²) >= 11 is 0. The summed E-state index contributed by atoms with van der Waals surface area (Å²) in [5.41, 5.74) is 1.98. The van der Waals surface area contributed by atoms with Gasteiger partial charge in [0.1, 0.15) is 13.2 Å². The Morgan fingerprint density at radius 1 is 1.07 bits per heavy atom. The molecule has 2 aliphatic rings. The first-order chi connectivity index (χ1) is 13.4. The van der Waals surface area contributed by atoms with Crippen molar-refractivity contribution in [2.45, 2.75) is 19.4 Å². The van der Waals surface area contributed by atoms with Crippen LogP contribution in [0.3, 0.4) is 0 Å². The number of nitrogens with one attached hydrogen (secondary N) is 1. The molecular weight excluding hydrogens is 380 g/mol. The van der Waals surface area contributed by atoms with Crippen molar-refractivity contribution < 1.29 is 22.7 Å². The first kappa shape index (κ1) is 18.6. The average Bonchev–Trinajstić information content (AvgIpc) is 3.06. The zero-order valence-corrected chi connectivity index (χ0v) is 16.4. The number of rotatable bonds is 4. The van der Waals surface area contributed by atoms with Gasteiger partial charge in [-0.05, 0) is 55.3 Å². The van der Waals surface area contributed by atoms with E-state index in [9.17, 15) is 13.2 Å². The van der Waals surface area contributed by atoms with Crippen molar-refractivity contribution >= 4 is 21.6 Å². The Bertz CT molecular complexity index is 988. The lowest BCUT2D eigenvalue weighted by Gasteiger charge is -2.21. The van der Waals surface area contributed by atoms with Crippen molar-refractivity contribution in [1.82, 2.24) is 5.32 Å². The number of ether oxygens (including phenoxy) is 2. The Balaban J connectivity index is 1.45. The summed E-state index contributed by atoms with van der Waals surface area (Å²) in [6, 6.07) is 12.0. The molecule has 0 saturated carbocycles. The lowest BCUT2D eigenvalue weighted by molar-refractivity contribution is 0.0939. The fourth-order valence-corrected chi connectivity index (χ4v) is 4.97. The van der Waals surface area contributed by atoms with Gasteiger partial charge in [-0.2, -0.15) is 0 Å². The molecule has 2 heterocycles. The molecule has 0 radical (unpaired) electrons. The third kappa shape index (κ3) is 3.64. The van der Waals surface area contributed by atoms with Gasteiger partial charge in [0, 0.05) is 12.1 Å². The normalized spacial score (nSPS) is 18.5. The Kier molecular flexibility index (Phi) is 4.89. The van der Waals surface area contributed by atoms with Crippen LogP contribution in [0.4, 0.5) is 5.69 Å². The highest BCUT2D eigenvalue weighted by Gasteiger charge is 2.28. The van der Waals surface area contributed by atoms with Gasteiger partial charge in [0.05, 0.1) is 17.5 Å². The van der Waals surface area contributed by atoms with Crippen LogP contribution in [0.5, 0.6) is 11.5 Å². The number of amides is 1. The van der Waals surface area contributed by atoms with Crippen LogP contribution in [0, 0.1) is 0 Å². The maximum absolute atomic E-state index is 12.6. The van der Waals surface area contributed by atoms with Crippen LogP contribution in [-0.2, 0) is 10.0 Å². The van der Waals surface area contributed by atoms with Crippen LogP contribution < -0.4 is 19.1 Å². The quantitative estimate of drug-likeness (QED) is 0.849. The van der Waals surface area contributed by atoms with Crippen LogP contribution in [0.2, 0.25) is 0 Å². The van der Waals surface area contributed by atoms with Crippen LogP contribution in [-0.4, -0.2) is 39.8 Å². The van der Waals surface area contributed by atoms with Crippen molar-refractivity contribution in [3.8, 4) is 11.5 Å². The number of carbonyl (C=O) groups is 1. The highest BCUT2D eigenvalue weighted by Crippen LogP contribution is 2.32. The summed E-state index contributed by atoms with van der Waals surface area (Å²) in [5.74, 6) is 1.34. The Hall–Kier alpha value is -2.74. The van der Waals surface area contributed by atoms with E-state index in [1.807, 2.05) is 25.1 Å². The van der Waals surface area contributed by atoms with Gasteiger partial charge in [-0.15, -0.1) is 0 Å². The summed E-state index contributed by atoms with van der Waals surface area (Å²) < 4.78 is 36.5. The molecule has 1 atom stereocenters. The molecule has 1 amide bonds. The zero-order chi connectivity index (χ0) is 19.7. The SMILES string of the molecule is C[C@H](NC(=O)c1ccc(N2CCCS2(=O)=O)cc1)c1ccc2c(c1)OCCO2. The van der Waals surface area contributed by atoms with Gasteiger partial charge >= 0.3 is 0 Å². The maximum atomic E-state index is 12.6. The van der Waals surface area contributed by atoms with Gasteiger partial charge < -0.3 is 14.8 Å². The molecule has 1 saturated heterocycles. The molecule has 2 aromatic rings. The van der Waals surface area contributed by atoms with E-state index in [2.05, 4.69) is 5.32 Å². The topological polar surface area (TPSA) is 84.9 Å². The molecule has 7 nitrogen and oxygen atoms in total. The second-order valence-electron chi connectivity index (χ2n) is 6.89. The van der Waals surface area contributed by atoms with E-state index < -0.39 is 10.0 Å². The van der Waals surface area contributed by atoms with Gasteiger partial charge in [-0.3, -0.25) is 9.10 Å². The van der Waals surface area contributed by atoms with Gasteiger partial charge in [0.2, 0.25) is 10.0 Å². The third-order valence-corrected chi connectivity index (χ3v) is 6.80. The van der Waals surface area contributed by atoms with E-state index in [4.69, 9.17) is 9.47 Å². The van der Waals surface area contributed by atoms with Gasteiger partial charge in [0.25, 0.3) is 5.91 Å². The van der Waals surface area contributed by atoms with E-state index >= 15 is 0 Å². The molecule has 0 aromatic heterocycles. The fourth-order valence-electron chi connectivity index (χ4n) is 3.40. The lowest BCUT2D eigenvalue weighted by atomic mass is 10.1. The smallest absolute Gasteiger partial charge is 0.251 e. The first-order valence-electron chi connectivity index (χ1n) is 9.25. The molecule has 1 fully saturated rings. The number of hydrogen-bond donors (Lipinski definition) is 1. The highest BCUT2D eigenvalue weighted by molar-refractivity contribution is 7.93. The molecule has 0 bridgehead atoms. The van der Waals surface area contributed by atoms with Crippen molar-refractivity contribution in [2.24, 2.45) is 0 Å². The number of fused-ring (bicyclic) bond motifs is 1. The second kappa shape index (κ2) is 7.35. The Labute approximate surface area is 164 Å². The average molecular weight is 402 g/mol. The molecule has 0 unspecified atom stereocenters. The Morgan fingerprint density at radius 3 is 2.46 bits per heavy atom. The first-order valence-corrected chi connectivity index (χ1v) is 10.9. The summed E-state index contributed by atoms with van der Waals surface area (Å²) in [6.07, 6.45) is 0.623. The molecule has 4 rings (SSSR count). The standard InChI is InChI=1S/C20H22N2O5S/c1-14(16-5-8-18-19(13-16)27-11-10-26-18)21-20(23)15-3-6-17(7-4-15)22-9-2-12-28(22,24)25/h3-8,13-14H,2,9-12H2,1H3,(H,21,23)/t14-/m0/s1. The number of benzene rings is 2. The largest absolute Gasteiger partial charge is 0.486 e. The third-order valence-electron chi connectivity index (χ3n) is 4.93. The summed E-state index contributed by atoms with van der Waals surface area (Å²) in [5, 5.41) is 2.96. The predicted octanol–water partition coefficient (Wildman–Crippen LogP) is 2.49. The molecule has 1 N–H and O–H groups in total. The van der Waals surface area contributed by atoms with Crippen LogP contribution in [0.25, 0.3) is 0 Å². The summed E-state index contributed by atoms with van der Waals surface area (Å²) in [6.45, 7) is 3.42. The maximum Gasteiger partial charge on any atom is 0.251 e. The molecular formula is C20H22N2O5S. The van der Waals surface area contributed by atoms with Crippen molar-refractivity contribution in [3.05, 3.63) is 53.6 Å². The predicted molar refractivity (Wildman–Crippen MR) is 106 cm³/mol. The second-order valence-corrected chi connectivity index (χ2v) is 8.90. The summed E-state index contributed by atoms with van der Waals surface area (Å²) in [4.78, 5) is 12.6. The van der Waals surface area contributed by atoms with Crippen LogP contribution >= 0.6 is 0 Å². The minimum Gasteiger partial charge on any atom is -0.486 e. The van der Waals surface area contributed by atoms with Gasteiger partial charge in [0.15, 0.2) is 11.5 Å². The number of carbonyl (C=O) groups excluding carboxylic acids is 1. The van der Waals surface area contributed by atoms with E-state index in [-0.39, 0.29) is 17.7 Å². The minimum absolute atomic E-state index is 0.169. The monoisotopic (exact) mass is 402 g/mol. The zero-order valence-electron chi connectivity index (χ0n) is 15.6. The number of nitrogens with zero attached hydrogens (tertiary/aromatic N) is 1. The van der Waals surface area contributed by atoms with E-state index in [0.717, 1.165) is 5.56 Å². The highest BCUT2D eigenvalue weighted by atomic mass is 32.2. The fraction of sp³-hybridized carbons (Fsp3) is 0.350. The molecule has 0 aliphatic carbocycles. The van der Waals surface area contributed by atoms with Crippen molar-refractivity contribution in [3.63, 3.8) is 0 Å². The van der Waals surface area contributed by atoms with E-state index in [1.54, 1.807) is 24.3 Å². The number of sulfonamides is 1. The van der Waals surface area contributed by atoms with E-state index in [1.165, 1.54) is 4.31 Å². The molecule has 2 aliphatic heterocycles. The minimum atomic E-state index is -3.23. The summed E-state index contributed by atoms with van der Waals surface area (Å²) in [7, 11) is -3.23. The molecule has 8 heteroatoms. The molecule has 28 heavy (non-hydrogen) atoms. The van der Waals surface area contributed by atoms with Crippen LogP contribution in [0.15, 0.2) is 42.5 Å². The van der Waals surface area contributed by atoms with Crippen molar-refractivity contribution in [1.29, 1.82) is 0 Å². The molecule has 2 aromatic carbocycles. The van der Waals surface area contributed by atoms with Crippen LogP contribution in [0.1, 0.15) is 35.3 Å².